The van der Waals surface area contributed by atoms with E-state index in [0.29, 0.717) is 44.3 Å². The summed E-state index contributed by atoms with van der Waals surface area (Å²) < 4.78 is 12.2. The summed E-state index contributed by atoms with van der Waals surface area (Å²) in [6.45, 7) is 14.5. The van der Waals surface area contributed by atoms with Crippen molar-refractivity contribution in [3.63, 3.8) is 0 Å². The molecule has 3 aliphatic rings. The van der Waals surface area contributed by atoms with Gasteiger partial charge in [0.05, 0.1) is 24.5 Å². The Bertz CT molecular complexity index is 1120. The number of hydrogen-bond acceptors (Lipinski definition) is 7. The average Bonchev–Trinajstić information content (AvgIpc) is 3.64. The second-order valence-corrected chi connectivity index (χ2v) is 11.4. The van der Waals surface area contributed by atoms with E-state index < -0.39 is 35.6 Å². The van der Waals surface area contributed by atoms with E-state index >= 15 is 0 Å². The molecule has 2 unspecified atom stereocenters. The number of carbonyl (C=O) groups excluding carboxylic acids is 3. The lowest BCUT2D eigenvalue weighted by Gasteiger charge is -2.37. The van der Waals surface area contributed by atoms with Gasteiger partial charge in [-0.3, -0.25) is 14.4 Å². The molecular weight excluding hydrogens is 534 g/mol. The Balaban J connectivity index is 1.66. The zero-order valence-electron chi connectivity index (χ0n) is 25.2. The van der Waals surface area contributed by atoms with Crippen molar-refractivity contribution in [2.75, 3.05) is 49.2 Å². The number of unbranched alkanes of at least 4 members (excludes halogenated alkanes) is 3. The quantitative estimate of drug-likeness (QED) is 0.168. The Morgan fingerprint density at radius 2 is 1.81 bits per heavy atom. The van der Waals surface area contributed by atoms with E-state index in [1.807, 2.05) is 24.3 Å². The maximum Gasteiger partial charge on any atom is 0.312 e. The minimum Gasteiger partial charge on any atom is -0.465 e. The highest BCUT2D eigenvalue weighted by molar-refractivity contribution is 6.04. The molecule has 3 aliphatic heterocycles. The maximum absolute atomic E-state index is 14.6. The minimum absolute atomic E-state index is 0.0734. The average molecular weight is 582 g/mol. The van der Waals surface area contributed by atoms with Gasteiger partial charge in [-0.05, 0) is 83.1 Å². The van der Waals surface area contributed by atoms with Crippen LogP contribution in [0.25, 0.3) is 0 Å². The molecule has 2 amide bonds. The lowest BCUT2D eigenvalue weighted by molar-refractivity contribution is -0.155. The van der Waals surface area contributed by atoms with E-state index in [2.05, 4.69) is 31.9 Å². The van der Waals surface area contributed by atoms with Gasteiger partial charge < -0.3 is 29.3 Å². The lowest BCUT2D eigenvalue weighted by atomic mass is 9.70. The fourth-order valence-corrected chi connectivity index (χ4v) is 7.04. The summed E-state index contributed by atoms with van der Waals surface area (Å²) >= 11 is 0. The zero-order valence-corrected chi connectivity index (χ0v) is 25.2. The van der Waals surface area contributed by atoms with Crippen LogP contribution in [0.15, 0.2) is 49.6 Å². The number of rotatable bonds is 17. The molecule has 1 N–H and O–H groups in total. The molecule has 0 aliphatic carbocycles. The van der Waals surface area contributed by atoms with Crippen molar-refractivity contribution in [2.45, 2.75) is 76.5 Å². The molecule has 9 heteroatoms. The second kappa shape index (κ2) is 14.3. The summed E-state index contributed by atoms with van der Waals surface area (Å²) in [5.41, 5.74) is 0.706. The molecule has 3 fully saturated rings. The van der Waals surface area contributed by atoms with E-state index in [-0.39, 0.29) is 31.6 Å². The number of aliphatic hydroxyl groups excluding tert-OH is 1. The van der Waals surface area contributed by atoms with E-state index in [1.165, 1.54) is 0 Å². The normalized spacial score (nSPS) is 25.8. The third-order valence-electron chi connectivity index (χ3n) is 9.03. The van der Waals surface area contributed by atoms with Gasteiger partial charge in [0.2, 0.25) is 5.91 Å². The van der Waals surface area contributed by atoms with Crippen molar-refractivity contribution in [3.8, 4) is 0 Å². The first-order chi connectivity index (χ1) is 20.4. The number of fused-ring (bicyclic) bond motifs is 1. The molecule has 1 aromatic rings. The largest absolute Gasteiger partial charge is 0.465 e. The first-order valence-electron chi connectivity index (χ1n) is 15.5. The van der Waals surface area contributed by atoms with Gasteiger partial charge in [-0.15, -0.1) is 13.2 Å². The summed E-state index contributed by atoms with van der Waals surface area (Å²) in [6.07, 6.45) is 7.52. The number of aliphatic hydroxyl groups is 1. The molecule has 230 valence electrons. The number of likely N-dealkylation sites (tertiary alicyclic amines) is 1. The van der Waals surface area contributed by atoms with Gasteiger partial charge in [0.1, 0.15) is 11.6 Å². The molecule has 2 bridgehead atoms. The smallest absolute Gasteiger partial charge is 0.312 e. The van der Waals surface area contributed by atoms with Crippen LogP contribution in [0.3, 0.4) is 0 Å². The predicted molar refractivity (Wildman–Crippen MR) is 163 cm³/mol. The number of nitrogens with zero attached hydrogens (tertiary/aromatic N) is 3. The standard InChI is InChI=1S/C33H47N3O6/c1-5-9-13-23-41-32(40)27-26-18-19-33(42-26)28(27)30(38)36(21-11-10-12-22-37)29(33)31(39)35(20-6-2)25-16-14-24(15-17-25)34(7-3)8-4/h5-6,14-17,26-29,37H,1-2,7-13,18-23H2,3-4H3/t26-,27+,28-,29?,33?/m0/s1. The van der Waals surface area contributed by atoms with Crippen molar-refractivity contribution < 1.29 is 29.0 Å². The van der Waals surface area contributed by atoms with Crippen molar-refractivity contribution >= 4 is 29.2 Å². The highest BCUT2D eigenvalue weighted by atomic mass is 16.6. The van der Waals surface area contributed by atoms with Crippen LogP contribution in [0.1, 0.15) is 58.8 Å². The predicted octanol–water partition coefficient (Wildman–Crippen LogP) is 4.10. The van der Waals surface area contributed by atoms with E-state index in [0.717, 1.165) is 31.6 Å². The number of esters is 1. The van der Waals surface area contributed by atoms with Gasteiger partial charge in [-0.2, -0.15) is 0 Å². The van der Waals surface area contributed by atoms with Gasteiger partial charge in [-0.1, -0.05) is 12.2 Å². The lowest BCUT2D eigenvalue weighted by Crippen LogP contribution is -2.56. The number of amides is 2. The Hall–Kier alpha value is -3.17. The molecule has 9 nitrogen and oxygen atoms in total. The Morgan fingerprint density at radius 1 is 1.10 bits per heavy atom. The zero-order chi connectivity index (χ0) is 30.3. The molecule has 0 saturated carbocycles. The number of benzene rings is 1. The third kappa shape index (κ3) is 5.99. The first kappa shape index (κ1) is 31.8. The molecule has 1 spiro atoms. The summed E-state index contributed by atoms with van der Waals surface area (Å²) in [5, 5.41) is 9.28. The van der Waals surface area contributed by atoms with Crippen LogP contribution in [0, 0.1) is 11.8 Å². The topological polar surface area (TPSA) is 99.6 Å². The van der Waals surface area contributed by atoms with Gasteiger partial charge in [0.25, 0.3) is 5.91 Å². The fourth-order valence-electron chi connectivity index (χ4n) is 7.04. The summed E-state index contributed by atoms with van der Waals surface area (Å²) in [7, 11) is 0. The number of anilines is 2. The second-order valence-electron chi connectivity index (χ2n) is 11.4. The summed E-state index contributed by atoms with van der Waals surface area (Å²) in [6, 6.07) is 7.02. The summed E-state index contributed by atoms with van der Waals surface area (Å²) in [5.74, 6) is -2.36. The molecule has 0 aromatic heterocycles. The molecule has 1 aromatic carbocycles. The fraction of sp³-hybridized carbons (Fsp3) is 0.606. The molecule has 42 heavy (non-hydrogen) atoms. The number of allylic oxidation sites excluding steroid dienone is 1. The maximum atomic E-state index is 14.6. The van der Waals surface area contributed by atoms with Crippen LogP contribution in [0.2, 0.25) is 0 Å². The molecular formula is C33H47N3O6. The Labute approximate surface area is 250 Å². The number of hydrogen-bond donors (Lipinski definition) is 1. The Kier molecular flexibility index (Phi) is 10.8. The van der Waals surface area contributed by atoms with Crippen molar-refractivity contribution in [3.05, 3.63) is 49.6 Å². The first-order valence-corrected chi connectivity index (χ1v) is 15.5. The van der Waals surface area contributed by atoms with Crippen LogP contribution >= 0.6 is 0 Å². The van der Waals surface area contributed by atoms with Crippen molar-refractivity contribution in [1.29, 1.82) is 0 Å². The number of carbonyl (C=O) groups is 3. The molecule has 0 radical (unpaired) electrons. The minimum atomic E-state index is -1.08. The van der Waals surface area contributed by atoms with Crippen LogP contribution in [0.5, 0.6) is 0 Å². The third-order valence-corrected chi connectivity index (χ3v) is 9.03. The molecule has 4 rings (SSSR count). The van der Waals surface area contributed by atoms with Gasteiger partial charge in [-0.25, -0.2) is 0 Å². The van der Waals surface area contributed by atoms with Crippen LogP contribution in [0.4, 0.5) is 11.4 Å². The SMILES string of the molecule is C=CCCCOC(=O)[C@@H]1[C@@H]2CCC3(O2)C(C(=O)N(CC=C)c2ccc(N(CC)CC)cc2)N(CCCCCO)C(=O)[C@H]13. The highest BCUT2D eigenvalue weighted by Crippen LogP contribution is 2.59. The van der Waals surface area contributed by atoms with Crippen LogP contribution in [-0.2, 0) is 23.9 Å². The highest BCUT2D eigenvalue weighted by Gasteiger charge is 2.75. The van der Waals surface area contributed by atoms with Crippen molar-refractivity contribution in [1.82, 2.24) is 4.90 Å². The number of ether oxygens (including phenoxy) is 2. The summed E-state index contributed by atoms with van der Waals surface area (Å²) in [4.78, 5) is 47.6. The van der Waals surface area contributed by atoms with Crippen LogP contribution in [-0.4, -0.2) is 84.9 Å². The monoisotopic (exact) mass is 581 g/mol. The van der Waals surface area contributed by atoms with Gasteiger partial charge in [0, 0.05) is 44.2 Å². The molecule has 3 saturated heterocycles. The van der Waals surface area contributed by atoms with Crippen LogP contribution < -0.4 is 9.80 Å². The molecule has 5 atom stereocenters. The van der Waals surface area contributed by atoms with Gasteiger partial charge in [0.15, 0.2) is 0 Å². The molecule has 3 heterocycles. The Morgan fingerprint density at radius 3 is 2.45 bits per heavy atom. The van der Waals surface area contributed by atoms with Gasteiger partial charge >= 0.3 is 5.97 Å². The van der Waals surface area contributed by atoms with E-state index in [9.17, 15) is 19.5 Å². The van der Waals surface area contributed by atoms with Crippen molar-refractivity contribution in [2.24, 2.45) is 11.8 Å². The van der Waals surface area contributed by atoms with E-state index in [1.54, 1.807) is 22.0 Å². The van der Waals surface area contributed by atoms with E-state index in [4.69, 9.17) is 9.47 Å².